The van der Waals surface area contributed by atoms with E-state index in [0.717, 1.165) is 6.54 Å². The van der Waals surface area contributed by atoms with Crippen LogP contribution < -0.4 is 5.32 Å². The minimum Gasteiger partial charge on any atom is -0.453 e. The number of nitrogens with one attached hydrogen (secondary N) is 1. The molecule has 5 nitrogen and oxygen atoms in total. The molecule has 2 N–H and O–H groups in total. The number of hydrogen-bond donors (Lipinski definition) is 2. The van der Waals surface area contributed by atoms with Gasteiger partial charge in [-0.2, -0.15) is 0 Å². The first-order valence-electron chi connectivity index (χ1n) is 3.95. The minimum atomic E-state index is -0.365. The average Bonchev–Trinajstić information content (AvgIpc) is 2.16. The topological polar surface area (TPSA) is 61.8 Å². The number of hydrogen-bond acceptors (Lipinski definition) is 4. The summed E-state index contributed by atoms with van der Waals surface area (Å²) in [6.45, 7) is 1.96. The highest BCUT2D eigenvalue weighted by Crippen LogP contribution is 2.03. The number of carbonyl (C=O) groups excluding carboxylic acids is 1. The minimum absolute atomic E-state index is 0.0257. The van der Waals surface area contributed by atoms with Gasteiger partial charge in [-0.25, -0.2) is 4.79 Å². The molecule has 1 saturated heterocycles. The Morgan fingerprint density at radius 3 is 3.17 bits per heavy atom. The fourth-order valence-electron chi connectivity index (χ4n) is 1.28. The fourth-order valence-corrected chi connectivity index (χ4v) is 1.28. The quantitative estimate of drug-likeness (QED) is 0.536. The van der Waals surface area contributed by atoms with Crippen LogP contribution in [0.15, 0.2) is 0 Å². The molecule has 12 heavy (non-hydrogen) atoms. The number of aliphatic hydroxyl groups is 1. The first-order chi connectivity index (χ1) is 5.79. The van der Waals surface area contributed by atoms with Crippen LogP contribution in [0.2, 0.25) is 0 Å². The van der Waals surface area contributed by atoms with Crippen LogP contribution in [0.1, 0.15) is 0 Å². The first kappa shape index (κ1) is 9.28. The highest BCUT2D eigenvalue weighted by molar-refractivity contribution is 5.68. The van der Waals surface area contributed by atoms with Crippen LogP contribution in [0.25, 0.3) is 0 Å². The van der Waals surface area contributed by atoms with E-state index in [2.05, 4.69) is 10.1 Å². The zero-order chi connectivity index (χ0) is 8.97. The number of carbonyl (C=O) groups is 1. The third-order valence-electron chi connectivity index (χ3n) is 1.97. The van der Waals surface area contributed by atoms with Crippen molar-refractivity contribution in [1.29, 1.82) is 0 Å². The second-order valence-electron chi connectivity index (χ2n) is 2.70. The van der Waals surface area contributed by atoms with Crippen LogP contribution in [0, 0.1) is 0 Å². The van der Waals surface area contributed by atoms with Crippen molar-refractivity contribution in [2.75, 3.05) is 33.4 Å². The lowest BCUT2D eigenvalue weighted by Crippen LogP contribution is -2.55. The molecule has 1 rings (SSSR count). The van der Waals surface area contributed by atoms with Crippen molar-refractivity contribution in [1.82, 2.24) is 10.2 Å². The molecule has 5 heteroatoms. The highest BCUT2D eigenvalue weighted by Gasteiger charge is 2.25. The predicted octanol–water partition coefficient (Wildman–Crippen LogP) is -0.981. The van der Waals surface area contributed by atoms with E-state index in [-0.39, 0.29) is 18.7 Å². The van der Waals surface area contributed by atoms with Crippen molar-refractivity contribution in [3.63, 3.8) is 0 Å². The summed E-state index contributed by atoms with van der Waals surface area (Å²) in [4.78, 5) is 12.6. The van der Waals surface area contributed by atoms with Crippen molar-refractivity contribution >= 4 is 6.09 Å². The van der Waals surface area contributed by atoms with Gasteiger partial charge in [0.25, 0.3) is 0 Å². The number of rotatable bonds is 1. The van der Waals surface area contributed by atoms with Gasteiger partial charge < -0.3 is 20.1 Å². The predicted molar refractivity (Wildman–Crippen MR) is 42.9 cm³/mol. The SMILES string of the molecule is COC(=O)N1CCNCC1CO. The molecule has 1 fully saturated rings. The smallest absolute Gasteiger partial charge is 0.409 e. The van der Waals surface area contributed by atoms with Gasteiger partial charge in [-0.3, -0.25) is 0 Å². The molecule has 0 bridgehead atoms. The Morgan fingerprint density at radius 1 is 1.83 bits per heavy atom. The molecule has 1 unspecified atom stereocenters. The van der Waals surface area contributed by atoms with Crippen LogP contribution in [-0.4, -0.2) is 55.5 Å². The van der Waals surface area contributed by atoms with Gasteiger partial charge in [0, 0.05) is 19.6 Å². The van der Waals surface area contributed by atoms with Crippen molar-refractivity contribution in [3.05, 3.63) is 0 Å². The van der Waals surface area contributed by atoms with Gasteiger partial charge in [0.1, 0.15) is 0 Å². The zero-order valence-electron chi connectivity index (χ0n) is 7.12. The molecule has 1 aliphatic heterocycles. The van der Waals surface area contributed by atoms with Gasteiger partial charge in [-0.1, -0.05) is 0 Å². The highest BCUT2D eigenvalue weighted by atomic mass is 16.5. The van der Waals surface area contributed by atoms with Crippen LogP contribution in [-0.2, 0) is 4.74 Å². The van der Waals surface area contributed by atoms with Gasteiger partial charge >= 0.3 is 6.09 Å². The van der Waals surface area contributed by atoms with Gasteiger partial charge in [-0.15, -0.1) is 0 Å². The number of methoxy groups -OCH3 is 1. The molecule has 70 valence electrons. The Balaban J connectivity index is 2.52. The molecular formula is C7H14N2O3. The van der Waals surface area contributed by atoms with Gasteiger partial charge in [0.2, 0.25) is 0 Å². The third kappa shape index (κ3) is 1.86. The molecule has 1 amide bonds. The average molecular weight is 174 g/mol. The molecule has 0 radical (unpaired) electrons. The van der Waals surface area contributed by atoms with Crippen molar-refractivity contribution in [2.24, 2.45) is 0 Å². The molecular weight excluding hydrogens is 160 g/mol. The van der Waals surface area contributed by atoms with E-state index in [9.17, 15) is 4.79 Å². The molecule has 0 aliphatic carbocycles. The zero-order valence-corrected chi connectivity index (χ0v) is 7.12. The van der Waals surface area contributed by atoms with E-state index in [1.54, 1.807) is 0 Å². The van der Waals surface area contributed by atoms with Crippen LogP contribution >= 0.6 is 0 Å². The van der Waals surface area contributed by atoms with E-state index in [0.29, 0.717) is 13.1 Å². The molecule has 1 heterocycles. The van der Waals surface area contributed by atoms with Crippen molar-refractivity contribution in [2.45, 2.75) is 6.04 Å². The standard InChI is InChI=1S/C7H14N2O3/c1-12-7(11)9-3-2-8-4-6(9)5-10/h6,8,10H,2-5H2,1H3. The van der Waals surface area contributed by atoms with Crippen LogP contribution in [0.5, 0.6) is 0 Å². The summed E-state index contributed by atoms with van der Waals surface area (Å²) >= 11 is 0. The largest absolute Gasteiger partial charge is 0.453 e. The maximum absolute atomic E-state index is 11.1. The molecule has 1 aliphatic rings. The second kappa shape index (κ2) is 4.27. The molecule has 0 aromatic rings. The van der Waals surface area contributed by atoms with E-state index in [1.807, 2.05) is 0 Å². The summed E-state index contributed by atoms with van der Waals surface area (Å²) in [5, 5.41) is 12.0. The maximum Gasteiger partial charge on any atom is 0.409 e. The van der Waals surface area contributed by atoms with Crippen LogP contribution in [0.3, 0.4) is 0 Å². The van der Waals surface area contributed by atoms with E-state index in [1.165, 1.54) is 12.0 Å². The molecule has 0 spiro atoms. The molecule has 0 saturated carbocycles. The summed E-state index contributed by atoms with van der Waals surface area (Å²) in [6.07, 6.45) is -0.365. The fraction of sp³-hybridized carbons (Fsp3) is 0.857. The first-order valence-corrected chi connectivity index (χ1v) is 3.95. The third-order valence-corrected chi connectivity index (χ3v) is 1.97. The number of ether oxygens (including phenoxy) is 1. The summed E-state index contributed by atoms with van der Waals surface area (Å²) in [7, 11) is 1.35. The van der Waals surface area contributed by atoms with Crippen LogP contribution in [0.4, 0.5) is 4.79 Å². The summed E-state index contributed by atoms with van der Waals surface area (Å²) in [5.74, 6) is 0. The Labute approximate surface area is 71.3 Å². The lowest BCUT2D eigenvalue weighted by Gasteiger charge is -2.33. The Hall–Kier alpha value is -0.810. The van der Waals surface area contributed by atoms with E-state index in [4.69, 9.17) is 5.11 Å². The lowest BCUT2D eigenvalue weighted by atomic mass is 10.2. The molecule has 0 aromatic heterocycles. The second-order valence-corrected chi connectivity index (χ2v) is 2.70. The monoisotopic (exact) mass is 174 g/mol. The van der Waals surface area contributed by atoms with E-state index >= 15 is 0 Å². The maximum atomic E-state index is 11.1. The number of nitrogens with zero attached hydrogens (tertiary/aromatic N) is 1. The van der Waals surface area contributed by atoms with Crippen molar-refractivity contribution < 1.29 is 14.6 Å². The van der Waals surface area contributed by atoms with Gasteiger partial charge in [0.05, 0.1) is 19.8 Å². The van der Waals surface area contributed by atoms with Gasteiger partial charge in [0.15, 0.2) is 0 Å². The molecule has 0 aromatic carbocycles. The van der Waals surface area contributed by atoms with Gasteiger partial charge in [-0.05, 0) is 0 Å². The number of amides is 1. The lowest BCUT2D eigenvalue weighted by molar-refractivity contribution is 0.0720. The summed E-state index contributed by atoms with van der Waals surface area (Å²) < 4.78 is 4.57. The number of aliphatic hydroxyl groups excluding tert-OH is 1. The normalized spacial score (nSPS) is 23.8. The Kier molecular flexibility index (Phi) is 3.31. The Morgan fingerprint density at radius 2 is 2.58 bits per heavy atom. The number of piperazine rings is 1. The summed E-state index contributed by atoms with van der Waals surface area (Å²) in [6, 6.07) is -0.147. The molecule has 1 atom stereocenters. The van der Waals surface area contributed by atoms with E-state index < -0.39 is 0 Å². The van der Waals surface area contributed by atoms with Crippen molar-refractivity contribution in [3.8, 4) is 0 Å². The Bertz CT molecular complexity index is 163. The summed E-state index contributed by atoms with van der Waals surface area (Å²) in [5.41, 5.74) is 0.